The Bertz CT molecular complexity index is 1190. The minimum absolute atomic E-state index is 0.0417. The number of aromatic nitrogens is 1. The van der Waals surface area contributed by atoms with Crippen LogP contribution in [0.2, 0.25) is 0 Å². The summed E-state index contributed by atoms with van der Waals surface area (Å²) < 4.78 is 4.94. The number of carbonyl (C=O) groups is 2. The van der Waals surface area contributed by atoms with Crippen LogP contribution in [0.5, 0.6) is 0 Å². The van der Waals surface area contributed by atoms with Crippen molar-refractivity contribution in [1.29, 1.82) is 0 Å². The maximum absolute atomic E-state index is 12.7. The van der Waals surface area contributed by atoms with Gasteiger partial charge in [-0.25, -0.2) is 0 Å². The summed E-state index contributed by atoms with van der Waals surface area (Å²) in [6, 6.07) is 12.7. The summed E-state index contributed by atoms with van der Waals surface area (Å²) >= 11 is 0. The lowest BCUT2D eigenvalue weighted by Gasteiger charge is -2.25. The summed E-state index contributed by atoms with van der Waals surface area (Å²) in [5, 5.41) is 6.11. The van der Waals surface area contributed by atoms with E-state index in [2.05, 4.69) is 15.6 Å². The van der Waals surface area contributed by atoms with Gasteiger partial charge in [-0.05, 0) is 75.4 Å². The van der Waals surface area contributed by atoms with Gasteiger partial charge in [-0.15, -0.1) is 0 Å². The smallest absolute Gasteiger partial charge is 0.261 e. The van der Waals surface area contributed by atoms with E-state index in [1.54, 1.807) is 25.3 Å². The molecule has 0 saturated heterocycles. The van der Waals surface area contributed by atoms with E-state index >= 15 is 0 Å². The normalized spacial score (nSPS) is 15.1. The topological polar surface area (TPSA) is 100 Å². The van der Waals surface area contributed by atoms with Crippen molar-refractivity contribution in [2.75, 3.05) is 12.4 Å². The predicted octanol–water partition coefficient (Wildman–Crippen LogP) is 4.34. The van der Waals surface area contributed by atoms with Crippen molar-refractivity contribution < 1.29 is 14.3 Å². The Hall–Kier alpha value is -3.45. The Morgan fingerprint density at radius 1 is 1.18 bits per heavy atom. The van der Waals surface area contributed by atoms with Gasteiger partial charge < -0.3 is 20.4 Å². The first-order valence-corrected chi connectivity index (χ1v) is 11.0. The van der Waals surface area contributed by atoms with Crippen molar-refractivity contribution in [1.82, 2.24) is 10.3 Å². The van der Waals surface area contributed by atoms with Gasteiger partial charge in [-0.1, -0.05) is 18.2 Å². The second-order valence-corrected chi connectivity index (χ2v) is 8.99. The highest BCUT2D eigenvalue weighted by Crippen LogP contribution is 2.31. The minimum atomic E-state index is -0.461. The average molecular weight is 450 g/mol. The first kappa shape index (κ1) is 24.2. The van der Waals surface area contributed by atoms with Gasteiger partial charge >= 0.3 is 0 Å². The van der Waals surface area contributed by atoms with Crippen molar-refractivity contribution in [2.24, 2.45) is 0 Å². The van der Waals surface area contributed by atoms with E-state index in [0.717, 1.165) is 24.8 Å². The van der Waals surface area contributed by atoms with Gasteiger partial charge in [0.15, 0.2) is 0 Å². The number of hydrogen-bond acceptors (Lipinski definition) is 4. The van der Waals surface area contributed by atoms with Crippen LogP contribution in [0, 0.1) is 0 Å². The zero-order valence-electron chi connectivity index (χ0n) is 19.5. The Labute approximate surface area is 193 Å². The molecule has 0 aliphatic heterocycles. The number of fused-ring (bicyclic) bond motifs is 2. The molecule has 1 aliphatic carbocycles. The number of benzene rings is 2. The number of para-hydroxylation sites is 1. The molecule has 0 bridgehead atoms. The molecule has 33 heavy (non-hydrogen) atoms. The third-order valence-electron chi connectivity index (χ3n) is 5.63. The number of amides is 2. The molecule has 3 N–H and O–H groups in total. The highest BCUT2D eigenvalue weighted by atomic mass is 16.5. The Morgan fingerprint density at radius 3 is 2.61 bits per heavy atom. The van der Waals surface area contributed by atoms with Gasteiger partial charge in [-0.2, -0.15) is 0 Å². The molecule has 0 fully saturated rings. The highest BCUT2D eigenvalue weighted by molar-refractivity contribution is 6.05. The Balaban J connectivity index is 0.000000454. The van der Waals surface area contributed by atoms with Gasteiger partial charge in [0.05, 0.1) is 11.6 Å². The van der Waals surface area contributed by atoms with Gasteiger partial charge in [0.25, 0.3) is 5.91 Å². The van der Waals surface area contributed by atoms with Crippen LogP contribution >= 0.6 is 0 Å². The predicted molar refractivity (Wildman–Crippen MR) is 131 cm³/mol. The molecule has 2 amide bonds. The first-order valence-electron chi connectivity index (χ1n) is 11.0. The largest absolute Gasteiger partial charge is 0.379 e. The number of methoxy groups -OCH3 is 1. The fraction of sp³-hybridized carbons (Fsp3) is 0.346. The molecule has 0 spiro atoms. The summed E-state index contributed by atoms with van der Waals surface area (Å²) in [5.41, 5.74) is 3.27. The molecule has 1 aliphatic rings. The fourth-order valence-corrected chi connectivity index (χ4v) is 3.67. The Kier molecular flexibility index (Phi) is 7.66. The molecule has 3 aromatic rings. The molecule has 2 aromatic carbocycles. The molecule has 174 valence electrons. The molecular weight excluding hydrogens is 418 g/mol. The number of rotatable bonds is 4. The Morgan fingerprint density at radius 2 is 1.91 bits per heavy atom. The quantitative estimate of drug-likeness (QED) is 0.516. The molecular formula is C26H31N3O4. The van der Waals surface area contributed by atoms with Crippen LogP contribution in [0.15, 0.2) is 53.5 Å². The van der Waals surface area contributed by atoms with Crippen LogP contribution in [-0.4, -0.2) is 30.0 Å². The number of hydrogen-bond donors (Lipinski definition) is 3. The van der Waals surface area contributed by atoms with Gasteiger partial charge in [0.2, 0.25) is 11.8 Å². The fourth-order valence-electron chi connectivity index (χ4n) is 3.67. The second-order valence-electron chi connectivity index (χ2n) is 8.99. The molecule has 4 rings (SSSR count). The van der Waals surface area contributed by atoms with E-state index in [1.165, 1.54) is 11.8 Å². The van der Waals surface area contributed by atoms with Crippen LogP contribution < -0.4 is 16.1 Å². The number of aromatic amines is 1. The van der Waals surface area contributed by atoms with Crippen molar-refractivity contribution in [2.45, 2.75) is 51.7 Å². The zero-order chi connectivity index (χ0) is 24.0. The summed E-state index contributed by atoms with van der Waals surface area (Å²) in [6.07, 6.45) is 4.98. The van der Waals surface area contributed by atoms with Gasteiger partial charge in [0, 0.05) is 29.9 Å². The van der Waals surface area contributed by atoms with Crippen LogP contribution in [-0.2, 0) is 16.0 Å². The van der Waals surface area contributed by atoms with Crippen LogP contribution in [0.4, 0.5) is 5.69 Å². The number of ether oxygens (including phenoxy) is 1. The molecule has 1 aromatic heterocycles. The molecule has 7 nitrogen and oxygen atoms in total. The number of nitrogens with one attached hydrogen (secondary N) is 3. The van der Waals surface area contributed by atoms with Crippen molar-refractivity contribution in [3.05, 3.63) is 75.6 Å². The number of aryl methyl sites for hydroxylation is 1. The van der Waals surface area contributed by atoms with E-state index in [1.807, 2.05) is 45.0 Å². The van der Waals surface area contributed by atoms with E-state index in [0.29, 0.717) is 23.0 Å². The van der Waals surface area contributed by atoms with Crippen molar-refractivity contribution >= 4 is 28.9 Å². The van der Waals surface area contributed by atoms with Crippen molar-refractivity contribution in [3.63, 3.8) is 0 Å². The minimum Gasteiger partial charge on any atom is -0.379 e. The van der Waals surface area contributed by atoms with Crippen LogP contribution in [0.1, 0.15) is 61.1 Å². The van der Waals surface area contributed by atoms with E-state index in [-0.39, 0.29) is 22.6 Å². The van der Waals surface area contributed by atoms with E-state index in [9.17, 15) is 14.4 Å². The average Bonchev–Trinajstić information content (AvgIpc) is 2.80. The molecule has 1 atom stereocenters. The molecule has 1 unspecified atom stereocenters. The lowest BCUT2D eigenvalue weighted by Crippen LogP contribution is -2.25. The van der Waals surface area contributed by atoms with Crippen LogP contribution in [0.3, 0.4) is 0 Å². The third-order valence-corrected chi connectivity index (χ3v) is 5.63. The first-order chi connectivity index (χ1) is 15.7. The van der Waals surface area contributed by atoms with Gasteiger partial charge in [0.1, 0.15) is 5.56 Å². The molecule has 7 heteroatoms. The van der Waals surface area contributed by atoms with Crippen LogP contribution in [0.25, 0.3) is 10.9 Å². The van der Waals surface area contributed by atoms with E-state index < -0.39 is 5.91 Å². The lowest BCUT2D eigenvalue weighted by molar-refractivity contribution is -0.110. The summed E-state index contributed by atoms with van der Waals surface area (Å²) in [5.74, 6) is -0.461. The maximum Gasteiger partial charge on any atom is 0.261 e. The second kappa shape index (κ2) is 10.4. The summed E-state index contributed by atoms with van der Waals surface area (Å²) in [7, 11) is 1.71. The zero-order valence-corrected chi connectivity index (χ0v) is 19.5. The number of pyridine rings is 1. The van der Waals surface area contributed by atoms with Crippen molar-refractivity contribution in [3.8, 4) is 0 Å². The molecule has 0 radical (unpaired) electrons. The summed E-state index contributed by atoms with van der Waals surface area (Å²) in [6.45, 7) is 6.06. The summed E-state index contributed by atoms with van der Waals surface area (Å²) in [4.78, 5) is 39.1. The molecule has 0 saturated carbocycles. The van der Waals surface area contributed by atoms with Gasteiger partial charge in [-0.3, -0.25) is 14.4 Å². The number of anilines is 1. The van der Waals surface area contributed by atoms with E-state index in [4.69, 9.17) is 4.74 Å². The highest BCUT2D eigenvalue weighted by Gasteiger charge is 2.21. The third kappa shape index (κ3) is 6.08. The number of H-pyrrole nitrogens is 1. The standard InChI is InChI=1S/C21H19N3O3.C5H12O/c25-12-23-19-7-3-4-13-8-9-14(10-16(13)19)24-21(27)17-11-22-18-6-2-1-5-15(18)20(17)26;1-5(2,3)6-4/h1-2,5-6,8-12,19H,3-4,7H2,(H,22,26)(H,23,25)(H,24,27);1-4H3. The maximum atomic E-state index is 12.7. The SMILES string of the molecule is COC(C)(C)C.O=CNC1CCCc2ccc(NC(=O)c3c[nH]c4ccccc4c3=O)cc21. The monoisotopic (exact) mass is 449 g/mol. The molecule has 1 heterocycles. The number of carbonyl (C=O) groups excluding carboxylic acids is 2. The lowest BCUT2D eigenvalue weighted by atomic mass is 9.87.